The lowest BCUT2D eigenvalue weighted by molar-refractivity contribution is -0.140. The number of carbonyl (C=O) groups excluding carboxylic acids is 3. The van der Waals surface area contributed by atoms with Crippen LogP contribution in [0.15, 0.2) is 60.7 Å². The number of amides is 3. The summed E-state index contributed by atoms with van der Waals surface area (Å²) in [6.07, 6.45) is 1.51. The molecule has 1 N–H and O–H groups in total. The van der Waals surface area contributed by atoms with Crippen LogP contribution in [0.5, 0.6) is 0 Å². The summed E-state index contributed by atoms with van der Waals surface area (Å²) in [6.45, 7) is 4.02. The predicted molar refractivity (Wildman–Crippen MR) is 152 cm³/mol. The fourth-order valence-electron chi connectivity index (χ4n) is 4.30. The smallest absolute Gasteiger partial charge is 0.318 e. The van der Waals surface area contributed by atoms with Crippen LogP contribution in [0.25, 0.3) is 0 Å². The molecule has 0 aliphatic carbocycles. The van der Waals surface area contributed by atoms with E-state index in [9.17, 15) is 14.4 Å². The second-order valence-corrected chi connectivity index (χ2v) is 10.7. The summed E-state index contributed by atoms with van der Waals surface area (Å²) < 4.78 is 4.71. The van der Waals surface area contributed by atoms with Crippen molar-refractivity contribution in [1.82, 2.24) is 20.0 Å². The minimum atomic E-state index is -0.639. The highest BCUT2D eigenvalue weighted by Crippen LogP contribution is 2.11. The number of methoxy groups -OCH3 is 1. The number of hydrogen-bond donors (Lipinski definition) is 1. The average Bonchev–Trinajstić information content (AvgIpc) is 2.95. The van der Waals surface area contributed by atoms with E-state index >= 15 is 0 Å². The molecule has 3 rings (SSSR count). The molecule has 1 fully saturated rings. The number of esters is 1. The average molecular weight is 541 g/mol. The van der Waals surface area contributed by atoms with Gasteiger partial charge in [0.1, 0.15) is 6.04 Å². The fraction of sp³-hybridized carbons (Fsp3) is 0.483. The summed E-state index contributed by atoms with van der Waals surface area (Å²) in [5.74, 6) is 1.06. The Labute approximate surface area is 230 Å². The molecular formula is C29H40N4O4S. The summed E-state index contributed by atoms with van der Waals surface area (Å²) >= 11 is 1.61. The van der Waals surface area contributed by atoms with Crippen molar-refractivity contribution in [3.63, 3.8) is 0 Å². The molecule has 8 nitrogen and oxygen atoms in total. The minimum Gasteiger partial charge on any atom is -0.469 e. The number of urea groups is 1. The van der Waals surface area contributed by atoms with Gasteiger partial charge < -0.3 is 24.8 Å². The number of piperazine rings is 1. The molecule has 2 aromatic carbocycles. The number of nitrogens with zero attached hydrogens (tertiary/aromatic N) is 3. The van der Waals surface area contributed by atoms with Gasteiger partial charge in [0, 0.05) is 57.2 Å². The van der Waals surface area contributed by atoms with Crippen LogP contribution in [0.2, 0.25) is 0 Å². The van der Waals surface area contributed by atoms with Crippen LogP contribution in [0, 0.1) is 0 Å². The molecule has 0 radical (unpaired) electrons. The maximum Gasteiger partial charge on any atom is 0.318 e. The van der Waals surface area contributed by atoms with Crippen molar-refractivity contribution in [3.8, 4) is 0 Å². The van der Waals surface area contributed by atoms with Gasteiger partial charge in [-0.2, -0.15) is 11.8 Å². The second-order valence-electron chi connectivity index (χ2n) is 9.48. The van der Waals surface area contributed by atoms with E-state index in [2.05, 4.69) is 29.4 Å². The van der Waals surface area contributed by atoms with E-state index in [1.165, 1.54) is 7.11 Å². The summed E-state index contributed by atoms with van der Waals surface area (Å²) in [6, 6.07) is 19.0. The maximum atomic E-state index is 13.6. The Hall–Kier alpha value is -3.04. The van der Waals surface area contributed by atoms with Crippen LogP contribution in [0.3, 0.4) is 0 Å². The van der Waals surface area contributed by atoms with E-state index in [1.54, 1.807) is 16.7 Å². The zero-order chi connectivity index (χ0) is 27.2. The Bertz CT molecular complexity index is 1000. The van der Waals surface area contributed by atoms with Crippen molar-refractivity contribution in [1.29, 1.82) is 0 Å². The van der Waals surface area contributed by atoms with Gasteiger partial charge in [0.05, 0.1) is 13.5 Å². The van der Waals surface area contributed by atoms with E-state index in [1.807, 2.05) is 53.4 Å². The third-order valence-corrected chi connectivity index (χ3v) is 7.64. The zero-order valence-electron chi connectivity index (χ0n) is 22.5. The zero-order valence-corrected chi connectivity index (χ0v) is 23.3. The number of rotatable bonds is 13. The van der Waals surface area contributed by atoms with E-state index in [-0.39, 0.29) is 17.9 Å². The first-order chi connectivity index (χ1) is 18.5. The lowest BCUT2D eigenvalue weighted by Gasteiger charge is -2.35. The largest absolute Gasteiger partial charge is 0.469 e. The monoisotopic (exact) mass is 540 g/mol. The van der Waals surface area contributed by atoms with Gasteiger partial charge in [0.15, 0.2) is 0 Å². The standard InChI is InChI=1S/C29H40N4O4S/c1-31-16-18-32(19-17-31)28(35)26(23-25-11-7-4-8-12-25)30-29(36)33(15-13-24-9-5-3-6-10-24)20-22-38-21-14-27(34)37-2/h3-12,26H,13-23H2,1-2H3,(H,30,36). The molecule has 3 amide bonds. The van der Waals surface area contributed by atoms with Gasteiger partial charge in [-0.3, -0.25) is 9.59 Å². The number of nitrogens with one attached hydrogen (secondary N) is 1. The van der Waals surface area contributed by atoms with Crippen molar-refractivity contribution in [2.75, 3.05) is 64.9 Å². The topological polar surface area (TPSA) is 82.2 Å². The molecule has 1 unspecified atom stereocenters. The third-order valence-electron chi connectivity index (χ3n) is 6.68. The van der Waals surface area contributed by atoms with Gasteiger partial charge in [-0.05, 0) is 24.6 Å². The van der Waals surface area contributed by atoms with Crippen molar-refractivity contribution >= 4 is 29.7 Å². The minimum absolute atomic E-state index is 0.0363. The molecule has 9 heteroatoms. The number of likely N-dealkylation sites (N-methyl/N-ethyl adjacent to an activating group) is 1. The van der Waals surface area contributed by atoms with Crippen LogP contribution < -0.4 is 5.32 Å². The highest BCUT2D eigenvalue weighted by atomic mass is 32.2. The van der Waals surface area contributed by atoms with Crippen molar-refractivity contribution in [3.05, 3.63) is 71.8 Å². The molecule has 0 saturated carbocycles. The molecule has 1 aliphatic rings. The first kappa shape index (κ1) is 29.5. The first-order valence-corrected chi connectivity index (χ1v) is 14.4. The molecule has 206 valence electrons. The normalized spacial score (nSPS) is 14.5. The van der Waals surface area contributed by atoms with Crippen LogP contribution in [0.4, 0.5) is 4.79 Å². The first-order valence-electron chi connectivity index (χ1n) is 13.2. The molecular weight excluding hydrogens is 500 g/mol. The number of thioether (sulfide) groups is 1. The van der Waals surface area contributed by atoms with Crippen LogP contribution >= 0.6 is 11.8 Å². The second kappa shape index (κ2) is 16.0. The SMILES string of the molecule is COC(=O)CCSCCN(CCc1ccccc1)C(=O)NC(Cc1ccccc1)C(=O)N1CCN(C)CC1. The molecule has 0 bridgehead atoms. The van der Waals surface area contributed by atoms with Crippen LogP contribution in [-0.4, -0.2) is 104 Å². The Balaban J connectivity index is 1.67. The van der Waals surface area contributed by atoms with Gasteiger partial charge in [-0.25, -0.2) is 4.79 Å². The Morgan fingerprint density at radius 3 is 2.18 bits per heavy atom. The predicted octanol–water partition coefficient (Wildman–Crippen LogP) is 2.92. The van der Waals surface area contributed by atoms with Crippen LogP contribution in [-0.2, 0) is 27.2 Å². The quantitative estimate of drug-likeness (QED) is 0.311. The third kappa shape index (κ3) is 10.0. The van der Waals surface area contributed by atoms with E-state index in [0.29, 0.717) is 50.5 Å². The van der Waals surface area contributed by atoms with E-state index < -0.39 is 6.04 Å². The molecule has 1 heterocycles. The Morgan fingerprint density at radius 2 is 1.55 bits per heavy atom. The van der Waals surface area contributed by atoms with Gasteiger partial charge >= 0.3 is 12.0 Å². The van der Waals surface area contributed by atoms with E-state index in [0.717, 1.165) is 30.6 Å². The Kier molecular flexibility index (Phi) is 12.5. The molecule has 38 heavy (non-hydrogen) atoms. The summed E-state index contributed by atoms with van der Waals surface area (Å²) in [7, 11) is 3.44. The molecule has 2 aromatic rings. The van der Waals surface area contributed by atoms with Crippen molar-refractivity contribution in [2.45, 2.75) is 25.3 Å². The molecule has 0 aromatic heterocycles. The molecule has 1 saturated heterocycles. The summed E-state index contributed by atoms with van der Waals surface area (Å²) in [4.78, 5) is 44.4. The highest BCUT2D eigenvalue weighted by Gasteiger charge is 2.29. The van der Waals surface area contributed by atoms with Gasteiger partial charge in [-0.15, -0.1) is 0 Å². The number of ether oxygens (including phenoxy) is 1. The molecule has 0 spiro atoms. The lowest BCUT2D eigenvalue weighted by atomic mass is 10.0. The van der Waals surface area contributed by atoms with Gasteiger partial charge in [0.2, 0.25) is 5.91 Å². The van der Waals surface area contributed by atoms with Gasteiger partial charge in [-0.1, -0.05) is 60.7 Å². The summed E-state index contributed by atoms with van der Waals surface area (Å²) in [5.41, 5.74) is 2.16. The van der Waals surface area contributed by atoms with E-state index in [4.69, 9.17) is 4.74 Å². The molecule has 1 atom stereocenters. The highest BCUT2D eigenvalue weighted by molar-refractivity contribution is 7.99. The lowest BCUT2D eigenvalue weighted by Crippen LogP contribution is -2.57. The number of carbonyl (C=O) groups is 3. The van der Waals surface area contributed by atoms with Crippen molar-refractivity contribution in [2.24, 2.45) is 0 Å². The summed E-state index contributed by atoms with van der Waals surface area (Å²) in [5, 5.41) is 3.08. The van der Waals surface area contributed by atoms with Crippen LogP contribution in [0.1, 0.15) is 17.5 Å². The maximum absolute atomic E-state index is 13.6. The number of benzene rings is 2. The Morgan fingerprint density at radius 1 is 0.921 bits per heavy atom. The fourth-order valence-corrected chi connectivity index (χ4v) is 5.16. The van der Waals surface area contributed by atoms with Crippen molar-refractivity contribution < 1.29 is 19.1 Å². The molecule has 1 aliphatic heterocycles. The number of hydrogen-bond acceptors (Lipinski definition) is 6. The van der Waals surface area contributed by atoms with Gasteiger partial charge in [0.25, 0.3) is 0 Å².